The number of ether oxygens (including phenoxy) is 1. The summed E-state index contributed by atoms with van der Waals surface area (Å²) in [5.74, 6) is -0.416. The van der Waals surface area contributed by atoms with Crippen molar-refractivity contribution < 1.29 is 9.53 Å². The Morgan fingerprint density at radius 2 is 2.00 bits per heavy atom. The summed E-state index contributed by atoms with van der Waals surface area (Å²) in [5, 5.41) is 3.17. The molecule has 4 nitrogen and oxygen atoms in total. The number of nitrogens with two attached hydrogens (primary N) is 1. The van der Waals surface area contributed by atoms with Crippen molar-refractivity contribution in [3.63, 3.8) is 0 Å². The maximum Gasteiger partial charge on any atom is 0.340 e. The largest absolute Gasteiger partial charge is 0.465 e. The minimum Gasteiger partial charge on any atom is -0.465 e. The van der Waals surface area contributed by atoms with Crippen LogP contribution in [-0.2, 0) is 4.74 Å². The molecule has 0 aromatic heterocycles. The number of rotatable bonds is 3. The molecular weight excluding hydrogens is 355 g/mol. The summed E-state index contributed by atoms with van der Waals surface area (Å²) in [6.07, 6.45) is 0. The van der Waals surface area contributed by atoms with Gasteiger partial charge in [0.1, 0.15) is 0 Å². The Morgan fingerprint density at radius 1 is 1.26 bits per heavy atom. The summed E-state index contributed by atoms with van der Waals surface area (Å²) >= 11 is 2.22. The van der Waals surface area contributed by atoms with Crippen LogP contribution in [0.5, 0.6) is 0 Å². The zero-order chi connectivity index (χ0) is 13.8. The third kappa shape index (κ3) is 3.17. The summed E-state index contributed by atoms with van der Waals surface area (Å²) in [7, 11) is 1.35. The molecule has 0 fully saturated rings. The smallest absolute Gasteiger partial charge is 0.340 e. The molecule has 5 heteroatoms. The molecule has 98 valence electrons. The molecule has 0 heterocycles. The molecule has 3 N–H and O–H groups in total. The van der Waals surface area contributed by atoms with Crippen LogP contribution in [0.2, 0.25) is 0 Å². The molecule has 0 amide bonds. The Kier molecular flexibility index (Phi) is 4.26. The maximum absolute atomic E-state index is 11.7. The van der Waals surface area contributed by atoms with Crippen molar-refractivity contribution in [2.24, 2.45) is 0 Å². The van der Waals surface area contributed by atoms with Crippen molar-refractivity contribution in [2.45, 2.75) is 0 Å². The van der Waals surface area contributed by atoms with E-state index in [0.717, 1.165) is 9.26 Å². The van der Waals surface area contributed by atoms with E-state index in [0.29, 0.717) is 16.9 Å². The van der Waals surface area contributed by atoms with E-state index < -0.39 is 5.97 Å². The Morgan fingerprint density at radius 3 is 2.68 bits per heavy atom. The molecule has 0 saturated heterocycles. The van der Waals surface area contributed by atoms with E-state index in [9.17, 15) is 4.79 Å². The number of halogens is 1. The van der Waals surface area contributed by atoms with Crippen LogP contribution in [0, 0.1) is 3.57 Å². The number of nitrogen functional groups attached to an aromatic ring is 1. The van der Waals surface area contributed by atoms with Crippen LogP contribution in [0.15, 0.2) is 42.5 Å². The number of hydrogen-bond donors (Lipinski definition) is 2. The predicted molar refractivity (Wildman–Crippen MR) is 84.6 cm³/mol. The summed E-state index contributed by atoms with van der Waals surface area (Å²) in [6.45, 7) is 0. The quantitative estimate of drug-likeness (QED) is 0.495. The van der Waals surface area contributed by atoms with E-state index in [2.05, 4.69) is 27.9 Å². The van der Waals surface area contributed by atoms with Gasteiger partial charge in [-0.25, -0.2) is 4.79 Å². The van der Waals surface area contributed by atoms with Crippen LogP contribution in [-0.4, -0.2) is 13.1 Å². The van der Waals surface area contributed by atoms with Crippen LogP contribution in [0.1, 0.15) is 10.4 Å². The van der Waals surface area contributed by atoms with E-state index in [1.165, 1.54) is 7.11 Å². The zero-order valence-electron chi connectivity index (χ0n) is 10.3. The average Bonchev–Trinajstić information content (AvgIpc) is 2.40. The molecule has 0 aliphatic carbocycles. The number of carbonyl (C=O) groups excluding carboxylic acids is 1. The van der Waals surface area contributed by atoms with Gasteiger partial charge in [-0.05, 0) is 52.9 Å². The molecular formula is C14H13IN2O2. The van der Waals surface area contributed by atoms with E-state index in [1.807, 2.05) is 24.3 Å². The minimum absolute atomic E-state index is 0.416. The number of carbonyl (C=O) groups is 1. The summed E-state index contributed by atoms with van der Waals surface area (Å²) < 4.78 is 5.85. The van der Waals surface area contributed by atoms with Gasteiger partial charge in [0.2, 0.25) is 0 Å². The second-order valence-corrected chi connectivity index (χ2v) is 5.14. The molecule has 0 spiro atoms. The predicted octanol–water partition coefficient (Wildman–Crippen LogP) is 3.40. The highest BCUT2D eigenvalue weighted by Gasteiger charge is 2.14. The van der Waals surface area contributed by atoms with E-state index in [1.54, 1.807) is 18.2 Å². The van der Waals surface area contributed by atoms with Gasteiger partial charge in [-0.15, -0.1) is 0 Å². The first kappa shape index (κ1) is 13.7. The lowest BCUT2D eigenvalue weighted by molar-refractivity contribution is 0.0602. The lowest BCUT2D eigenvalue weighted by atomic mass is 10.1. The van der Waals surface area contributed by atoms with Crippen molar-refractivity contribution in [2.75, 3.05) is 18.2 Å². The maximum atomic E-state index is 11.7. The Bertz CT molecular complexity index is 614. The molecule has 0 aliphatic heterocycles. The Balaban J connectivity index is 2.41. The monoisotopic (exact) mass is 368 g/mol. The first-order chi connectivity index (χ1) is 9.11. The standard InChI is InChI=1S/C14H13IN2O2/c1-19-14(18)11-6-3-7-12(16)13(11)17-10-5-2-4-9(15)8-10/h2-8,17H,16H2,1H3. The van der Waals surface area contributed by atoms with Gasteiger partial charge in [0.25, 0.3) is 0 Å². The molecule has 19 heavy (non-hydrogen) atoms. The molecule has 0 radical (unpaired) electrons. The number of anilines is 3. The number of benzene rings is 2. The highest BCUT2D eigenvalue weighted by molar-refractivity contribution is 14.1. The first-order valence-electron chi connectivity index (χ1n) is 5.61. The Hall–Kier alpha value is -1.76. The van der Waals surface area contributed by atoms with E-state index >= 15 is 0 Å². The van der Waals surface area contributed by atoms with Gasteiger partial charge in [-0.1, -0.05) is 12.1 Å². The number of para-hydroxylation sites is 1. The normalized spacial score (nSPS) is 10.0. The molecule has 2 aromatic rings. The molecule has 2 rings (SSSR count). The molecule has 0 atom stereocenters. The van der Waals surface area contributed by atoms with Gasteiger partial charge < -0.3 is 15.8 Å². The van der Waals surface area contributed by atoms with E-state index in [4.69, 9.17) is 10.5 Å². The number of nitrogens with one attached hydrogen (secondary N) is 1. The van der Waals surface area contributed by atoms with Gasteiger partial charge >= 0.3 is 5.97 Å². The van der Waals surface area contributed by atoms with Crippen LogP contribution >= 0.6 is 22.6 Å². The molecule has 0 unspecified atom stereocenters. The third-order valence-electron chi connectivity index (χ3n) is 2.60. The van der Waals surface area contributed by atoms with Crippen molar-refractivity contribution in [3.05, 3.63) is 51.6 Å². The summed E-state index contributed by atoms with van der Waals surface area (Å²) in [4.78, 5) is 11.7. The van der Waals surface area contributed by atoms with Crippen molar-refractivity contribution in [3.8, 4) is 0 Å². The fourth-order valence-corrected chi connectivity index (χ4v) is 2.24. The van der Waals surface area contributed by atoms with Crippen molar-refractivity contribution >= 4 is 45.6 Å². The van der Waals surface area contributed by atoms with Crippen LogP contribution in [0.4, 0.5) is 17.1 Å². The highest BCUT2D eigenvalue weighted by Crippen LogP contribution is 2.28. The number of hydrogen-bond acceptors (Lipinski definition) is 4. The fourth-order valence-electron chi connectivity index (χ4n) is 1.70. The van der Waals surface area contributed by atoms with E-state index in [-0.39, 0.29) is 0 Å². The second kappa shape index (κ2) is 5.92. The van der Waals surface area contributed by atoms with Crippen LogP contribution in [0.3, 0.4) is 0 Å². The highest BCUT2D eigenvalue weighted by atomic mass is 127. The molecule has 0 bridgehead atoms. The van der Waals surface area contributed by atoms with Crippen LogP contribution in [0.25, 0.3) is 0 Å². The minimum atomic E-state index is -0.416. The number of esters is 1. The first-order valence-corrected chi connectivity index (χ1v) is 6.69. The molecule has 0 aliphatic rings. The van der Waals surface area contributed by atoms with Gasteiger partial charge in [-0.2, -0.15) is 0 Å². The Labute approximate surface area is 125 Å². The van der Waals surface area contributed by atoms with Gasteiger partial charge in [0.05, 0.1) is 24.0 Å². The zero-order valence-corrected chi connectivity index (χ0v) is 12.5. The third-order valence-corrected chi connectivity index (χ3v) is 3.27. The van der Waals surface area contributed by atoms with Crippen molar-refractivity contribution in [1.29, 1.82) is 0 Å². The van der Waals surface area contributed by atoms with Crippen molar-refractivity contribution in [1.82, 2.24) is 0 Å². The lowest BCUT2D eigenvalue weighted by Crippen LogP contribution is -2.07. The summed E-state index contributed by atoms with van der Waals surface area (Å²) in [6, 6.07) is 12.9. The average molecular weight is 368 g/mol. The second-order valence-electron chi connectivity index (χ2n) is 3.90. The van der Waals surface area contributed by atoms with Gasteiger partial charge in [-0.3, -0.25) is 0 Å². The van der Waals surface area contributed by atoms with Gasteiger partial charge in [0.15, 0.2) is 0 Å². The lowest BCUT2D eigenvalue weighted by Gasteiger charge is -2.13. The SMILES string of the molecule is COC(=O)c1cccc(N)c1Nc1cccc(I)c1. The molecule has 0 saturated carbocycles. The number of methoxy groups -OCH3 is 1. The molecule has 2 aromatic carbocycles. The van der Waals surface area contributed by atoms with Gasteiger partial charge in [0, 0.05) is 9.26 Å². The topological polar surface area (TPSA) is 64.3 Å². The summed E-state index contributed by atoms with van der Waals surface area (Å²) in [5.41, 5.74) is 8.28. The fraction of sp³-hybridized carbons (Fsp3) is 0.0714. The van der Waals surface area contributed by atoms with Crippen LogP contribution < -0.4 is 11.1 Å².